The first kappa shape index (κ1) is 18.5. The van der Waals surface area contributed by atoms with E-state index in [0.717, 1.165) is 0 Å². The zero-order chi connectivity index (χ0) is 18.7. The third-order valence-corrected chi connectivity index (χ3v) is 6.40. The highest BCUT2D eigenvalue weighted by molar-refractivity contribution is 7.91. The quantitative estimate of drug-likeness (QED) is 0.764. The Kier molecular flexibility index (Phi) is 5.33. The van der Waals surface area contributed by atoms with Crippen molar-refractivity contribution in [1.82, 2.24) is 10.3 Å². The second kappa shape index (κ2) is 7.50. The summed E-state index contributed by atoms with van der Waals surface area (Å²) >= 11 is 1.20. The van der Waals surface area contributed by atoms with Crippen molar-refractivity contribution in [3.8, 4) is 10.6 Å². The van der Waals surface area contributed by atoms with Crippen LogP contribution in [-0.2, 0) is 19.4 Å². The van der Waals surface area contributed by atoms with Crippen molar-refractivity contribution in [2.75, 3.05) is 18.1 Å². The molecule has 1 aliphatic heterocycles. The number of ether oxygens (including phenoxy) is 1. The predicted octanol–water partition coefficient (Wildman–Crippen LogP) is 1.41. The molecule has 1 saturated heterocycles. The average molecular weight is 398 g/mol. The van der Waals surface area contributed by atoms with Gasteiger partial charge < -0.3 is 10.1 Å². The Morgan fingerprint density at radius 2 is 2.04 bits per heavy atom. The van der Waals surface area contributed by atoms with Gasteiger partial charge in [-0.3, -0.25) is 4.79 Å². The van der Waals surface area contributed by atoms with E-state index in [9.17, 15) is 22.4 Å². The number of nitrogens with zero attached hydrogens (tertiary/aromatic N) is 1. The zero-order valence-corrected chi connectivity index (χ0v) is 15.1. The SMILES string of the molecule is O=C(COC(=O)c1csc(-c2ccc(F)cc2)n1)N[C@@H]1CCS(=O)(=O)C1. The molecule has 7 nitrogen and oxygen atoms in total. The number of halogens is 1. The Balaban J connectivity index is 1.52. The van der Waals surface area contributed by atoms with Crippen LogP contribution in [0.4, 0.5) is 4.39 Å². The summed E-state index contributed by atoms with van der Waals surface area (Å²) in [7, 11) is -3.10. The Labute approximate surface area is 153 Å². The summed E-state index contributed by atoms with van der Waals surface area (Å²) in [5, 5.41) is 4.54. The highest BCUT2D eigenvalue weighted by atomic mass is 32.2. The van der Waals surface area contributed by atoms with Crippen molar-refractivity contribution in [3.05, 3.63) is 41.2 Å². The molecule has 0 radical (unpaired) electrons. The summed E-state index contributed by atoms with van der Waals surface area (Å²) in [5.74, 6) is -1.74. The van der Waals surface area contributed by atoms with Gasteiger partial charge in [0.1, 0.15) is 10.8 Å². The average Bonchev–Trinajstić information content (AvgIpc) is 3.20. The minimum absolute atomic E-state index is 0.0444. The number of amides is 1. The first-order valence-electron chi connectivity index (χ1n) is 7.71. The molecule has 1 N–H and O–H groups in total. The number of nitrogens with one attached hydrogen (secondary N) is 1. The Bertz CT molecular complexity index is 924. The van der Waals surface area contributed by atoms with Crippen molar-refractivity contribution in [2.24, 2.45) is 0 Å². The molecule has 26 heavy (non-hydrogen) atoms. The predicted molar refractivity (Wildman–Crippen MR) is 93.0 cm³/mol. The molecule has 2 aromatic rings. The van der Waals surface area contributed by atoms with Gasteiger partial charge in [-0.2, -0.15) is 0 Å². The van der Waals surface area contributed by atoms with Crippen LogP contribution in [0.15, 0.2) is 29.6 Å². The normalized spacial score (nSPS) is 18.4. The van der Waals surface area contributed by atoms with E-state index in [2.05, 4.69) is 10.3 Å². The summed E-state index contributed by atoms with van der Waals surface area (Å²) < 4.78 is 40.5. The maximum atomic E-state index is 12.9. The summed E-state index contributed by atoms with van der Waals surface area (Å²) in [5.41, 5.74) is 0.709. The number of carbonyl (C=O) groups is 2. The van der Waals surface area contributed by atoms with Crippen molar-refractivity contribution in [2.45, 2.75) is 12.5 Å². The molecule has 1 aromatic heterocycles. The molecule has 1 atom stereocenters. The molecule has 0 unspecified atom stereocenters. The Hall–Kier alpha value is -2.33. The van der Waals surface area contributed by atoms with Gasteiger partial charge in [-0.15, -0.1) is 11.3 Å². The van der Waals surface area contributed by atoms with Crippen LogP contribution in [0.3, 0.4) is 0 Å². The summed E-state index contributed by atoms with van der Waals surface area (Å²) in [6.45, 7) is -0.515. The number of esters is 1. The minimum atomic E-state index is -3.10. The second-order valence-corrected chi connectivity index (χ2v) is 8.88. The molecule has 0 saturated carbocycles. The van der Waals surface area contributed by atoms with E-state index in [0.29, 0.717) is 17.0 Å². The van der Waals surface area contributed by atoms with Crippen LogP contribution in [0, 0.1) is 5.82 Å². The van der Waals surface area contributed by atoms with E-state index in [1.807, 2.05) is 0 Å². The van der Waals surface area contributed by atoms with Gasteiger partial charge in [0.2, 0.25) is 0 Å². The Morgan fingerprint density at radius 1 is 1.31 bits per heavy atom. The lowest BCUT2D eigenvalue weighted by molar-refractivity contribution is -0.124. The van der Waals surface area contributed by atoms with Crippen LogP contribution in [0.1, 0.15) is 16.9 Å². The number of carbonyl (C=O) groups excluding carboxylic acids is 2. The molecule has 2 heterocycles. The molecule has 138 valence electrons. The van der Waals surface area contributed by atoms with E-state index < -0.39 is 34.4 Å². The van der Waals surface area contributed by atoms with Gasteiger partial charge in [-0.05, 0) is 30.7 Å². The van der Waals surface area contributed by atoms with Gasteiger partial charge in [-0.25, -0.2) is 22.6 Å². The first-order chi connectivity index (χ1) is 12.3. The maximum absolute atomic E-state index is 12.9. The molecule has 1 amide bonds. The smallest absolute Gasteiger partial charge is 0.358 e. The lowest BCUT2D eigenvalue weighted by Crippen LogP contribution is -2.38. The molecule has 0 bridgehead atoms. The zero-order valence-electron chi connectivity index (χ0n) is 13.5. The Morgan fingerprint density at radius 3 is 2.69 bits per heavy atom. The van der Waals surface area contributed by atoms with Gasteiger partial charge in [-0.1, -0.05) is 0 Å². The largest absolute Gasteiger partial charge is 0.451 e. The highest BCUT2D eigenvalue weighted by Crippen LogP contribution is 2.24. The number of rotatable bonds is 5. The number of hydrogen-bond acceptors (Lipinski definition) is 7. The van der Waals surface area contributed by atoms with Crippen LogP contribution in [0.5, 0.6) is 0 Å². The lowest BCUT2D eigenvalue weighted by atomic mass is 10.2. The molecule has 10 heteroatoms. The van der Waals surface area contributed by atoms with E-state index in [-0.39, 0.29) is 23.0 Å². The van der Waals surface area contributed by atoms with Crippen LogP contribution < -0.4 is 5.32 Å². The molecule has 1 aromatic carbocycles. The van der Waals surface area contributed by atoms with Crippen LogP contribution in [-0.4, -0.2) is 49.4 Å². The van der Waals surface area contributed by atoms with Crippen molar-refractivity contribution >= 4 is 33.1 Å². The van der Waals surface area contributed by atoms with Gasteiger partial charge in [0, 0.05) is 17.0 Å². The fourth-order valence-electron chi connectivity index (χ4n) is 2.48. The van der Waals surface area contributed by atoms with Crippen molar-refractivity contribution in [3.63, 3.8) is 0 Å². The standard InChI is InChI=1S/C16H15FN2O5S2/c17-11-3-1-10(2-4-11)15-19-13(8-25-15)16(21)24-7-14(20)18-12-5-6-26(22,23)9-12/h1-4,8,12H,5-7,9H2,(H,18,20)/t12-/m1/s1. The fraction of sp³-hybridized carbons (Fsp3) is 0.312. The summed E-state index contributed by atoms with van der Waals surface area (Å²) in [6.07, 6.45) is 0.356. The van der Waals surface area contributed by atoms with Crippen LogP contribution in [0.25, 0.3) is 10.6 Å². The molecule has 0 spiro atoms. The number of hydrogen-bond donors (Lipinski definition) is 1. The molecule has 1 fully saturated rings. The van der Waals surface area contributed by atoms with Gasteiger partial charge in [0.25, 0.3) is 5.91 Å². The van der Waals surface area contributed by atoms with E-state index in [4.69, 9.17) is 4.74 Å². The third-order valence-electron chi connectivity index (χ3n) is 3.74. The van der Waals surface area contributed by atoms with Gasteiger partial charge in [0.15, 0.2) is 22.1 Å². The molecule has 3 rings (SSSR count). The second-order valence-electron chi connectivity index (χ2n) is 5.79. The number of sulfone groups is 1. The van der Waals surface area contributed by atoms with Crippen LogP contribution >= 0.6 is 11.3 Å². The van der Waals surface area contributed by atoms with E-state index in [1.165, 1.54) is 28.8 Å². The molecule has 1 aliphatic rings. The lowest BCUT2D eigenvalue weighted by Gasteiger charge is -2.10. The monoisotopic (exact) mass is 398 g/mol. The molecular weight excluding hydrogens is 383 g/mol. The number of benzene rings is 1. The van der Waals surface area contributed by atoms with Gasteiger partial charge >= 0.3 is 5.97 Å². The highest BCUT2D eigenvalue weighted by Gasteiger charge is 2.29. The van der Waals surface area contributed by atoms with E-state index >= 15 is 0 Å². The van der Waals surface area contributed by atoms with Crippen molar-refractivity contribution in [1.29, 1.82) is 0 Å². The number of thiazole rings is 1. The minimum Gasteiger partial charge on any atom is -0.451 e. The van der Waals surface area contributed by atoms with Gasteiger partial charge in [0.05, 0.1) is 11.5 Å². The molecular formula is C16H15FN2O5S2. The van der Waals surface area contributed by atoms with Crippen molar-refractivity contribution < 1.29 is 27.1 Å². The molecule has 0 aliphatic carbocycles. The fourth-order valence-corrected chi connectivity index (χ4v) is 4.94. The maximum Gasteiger partial charge on any atom is 0.358 e. The summed E-state index contributed by atoms with van der Waals surface area (Å²) in [6, 6.07) is 5.24. The third kappa shape index (κ3) is 4.64. The summed E-state index contributed by atoms with van der Waals surface area (Å²) in [4.78, 5) is 27.9. The first-order valence-corrected chi connectivity index (χ1v) is 10.4. The van der Waals surface area contributed by atoms with E-state index in [1.54, 1.807) is 12.1 Å². The topological polar surface area (TPSA) is 102 Å². The number of aromatic nitrogens is 1. The van der Waals surface area contributed by atoms with Crippen LogP contribution in [0.2, 0.25) is 0 Å².